The van der Waals surface area contributed by atoms with Crippen LogP contribution in [0.2, 0.25) is 0 Å². The van der Waals surface area contributed by atoms with E-state index in [2.05, 4.69) is 39.9 Å². The zero-order valence-corrected chi connectivity index (χ0v) is 11.8. The van der Waals surface area contributed by atoms with Crippen molar-refractivity contribution in [1.29, 1.82) is 0 Å². The van der Waals surface area contributed by atoms with Crippen molar-refractivity contribution in [1.82, 2.24) is 4.90 Å². The van der Waals surface area contributed by atoms with Gasteiger partial charge in [-0.15, -0.1) is 0 Å². The Kier molecular flexibility index (Phi) is 5.65. The van der Waals surface area contributed by atoms with Crippen LogP contribution in [0.5, 0.6) is 0 Å². The van der Waals surface area contributed by atoms with Crippen LogP contribution in [0, 0.1) is 0 Å². The van der Waals surface area contributed by atoms with E-state index in [4.69, 9.17) is 5.11 Å². The Morgan fingerprint density at radius 1 is 1.41 bits per heavy atom. The summed E-state index contributed by atoms with van der Waals surface area (Å²) in [6.07, 6.45) is 0.911. The van der Waals surface area contributed by atoms with Crippen LogP contribution >= 0.6 is 15.9 Å². The van der Waals surface area contributed by atoms with E-state index in [1.165, 1.54) is 5.56 Å². The molecule has 1 rings (SSSR count). The molecule has 1 aromatic carbocycles. The number of carbonyl (C=O) groups is 1. The number of rotatable bonds is 6. The van der Waals surface area contributed by atoms with Gasteiger partial charge in [-0.2, -0.15) is 0 Å². The van der Waals surface area contributed by atoms with E-state index in [1.54, 1.807) is 0 Å². The van der Waals surface area contributed by atoms with Crippen molar-refractivity contribution >= 4 is 21.9 Å². The molecule has 0 heterocycles. The van der Waals surface area contributed by atoms with Crippen LogP contribution in [-0.2, 0) is 11.3 Å². The lowest BCUT2D eigenvalue weighted by Crippen LogP contribution is -2.29. The SMILES string of the molecule is CC(CCC(=O)O)N(C)Cc1ccc(Br)cc1. The normalized spacial score (nSPS) is 12.7. The molecule has 94 valence electrons. The quantitative estimate of drug-likeness (QED) is 0.877. The van der Waals surface area contributed by atoms with Crippen molar-refractivity contribution in [3.63, 3.8) is 0 Å². The van der Waals surface area contributed by atoms with Crippen LogP contribution in [-0.4, -0.2) is 29.1 Å². The second-order valence-corrected chi connectivity index (χ2v) is 5.24. The number of carboxylic acids is 1. The van der Waals surface area contributed by atoms with E-state index in [9.17, 15) is 4.79 Å². The van der Waals surface area contributed by atoms with Crippen LogP contribution in [0.15, 0.2) is 28.7 Å². The second kappa shape index (κ2) is 6.77. The van der Waals surface area contributed by atoms with Crippen molar-refractivity contribution in [3.8, 4) is 0 Å². The van der Waals surface area contributed by atoms with E-state index in [1.807, 2.05) is 19.2 Å². The topological polar surface area (TPSA) is 40.5 Å². The number of hydrogen-bond acceptors (Lipinski definition) is 2. The van der Waals surface area contributed by atoms with E-state index in [0.717, 1.165) is 11.0 Å². The lowest BCUT2D eigenvalue weighted by molar-refractivity contribution is -0.137. The summed E-state index contributed by atoms with van der Waals surface area (Å²) >= 11 is 3.40. The summed E-state index contributed by atoms with van der Waals surface area (Å²) in [4.78, 5) is 12.7. The average Bonchev–Trinajstić information content (AvgIpc) is 2.28. The van der Waals surface area contributed by atoms with Gasteiger partial charge in [-0.3, -0.25) is 9.69 Å². The van der Waals surface area contributed by atoms with E-state index in [0.29, 0.717) is 6.42 Å². The van der Waals surface area contributed by atoms with Crippen LogP contribution < -0.4 is 0 Å². The predicted octanol–water partition coefficient (Wildman–Crippen LogP) is 3.13. The fourth-order valence-electron chi connectivity index (χ4n) is 1.59. The summed E-state index contributed by atoms with van der Waals surface area (Å²) in [5.41, 5.74) is 1.23. The third-order valence-electron chi connectivity index (χ3n) is 2.87. The summed E-state index contributed by atoms with van der Waals surface area (Å²) in [6, 6.07) is 8.46. The highest BCUT2D eigenvalue weighted by Crippen LogP contribution is 2.14. The predicted molar refractivity (Wildman–Crippen MR) is 71.9 cm³/mol. The molecule has 1 aromatic rings. The Hall–Kier alpha value is -0.870. The maximum Gasteiger partial charge on any atom is 0.303 e. The Morgan fingerprint density at radius 3 is 2.53 bits per heavy atom. The lowest BCUT2D eigenvalue weighted by atomic mass is 10.1. The summed E-state index contributed by atoms with van der Waals surface area (Å²) in [6.45, 7) is 2.90. The monoisotopic (exact) mass is 299 g/mol. The molecule has 3 nitrogen and oxygen atoms in total. The van der Waals surface area contributed by atoms with Crippen molar-refractivity contribution in [2.24, 2.45) is 0 Å². The van der Waals surface area contributed by atoms with E-state index < -0.39 is 5.97 Å². The Bertz CT molecular complexity index is 364. The number of nitrogens with zero attached hydrogens (tertiary/aromatic N) is 1. The van der Waals surface area contributed by atoms with Gasteiger partial charge in [0.1, 0.15) is 0 Å². The molecule has 4 heteroatoms. The van der Waals surface area contributed by atoms with Gasteiger partial charge >= 0.3 is 5.97 Å². The summed E-state index contributed by atoms with van der Waals surface area (Å²) in [7, 11) is 2.02. The van der Waals surface area contributed by atoms with Crippen LogP contribution in [0.3, 0.4) is 0 Å². The first-order valence-corrected chi connectivity index (χ1v) is 6.45. The average molecular weight is 300 g/mol. The van der Waals surface area contributed by atoms with E-state index >= 15 is 0 Å². The largest absolute Gasteiger partial charge is 0.481 e. The van der Waals surface area contributed by atoms with Crippen LogP contribution in [0.4, 0.5) is 0 Å². The molecular formula is C13H18BrNO2. The molecule has 1 N–H and O–H groups in total. The first-order valence-electron chi connectivity index (χ1n) is 5.65. The molecule has 0 aliphatic heterocycles. The highest BCUT2D eigenvalue weighted by Gasteiger charge is 2.11. The van der Waals surface area contributed by atoms with Crippen LogP contribution in [0.25, 0.3) is 0 Å². The standard InChI is InChI=1S/C13H18BrNO2/c1-10(3-8-13(16)17)15(2)9-11-4-6-12(14)7-5-11/h4-7,10H,3,8-9H2,1-2H3,(H,16,17). The van der Waals surface area contributed by atoms with Crippen molar-refractivity contribution < 1.29 is 9.90 Å². The highest BCUT2D eigenvalue weighted by molar-refractivity contribution is 9.10. The van der Waals surface area contributed by atoms with Gasteiger partial charge in [0, 0.05) is 23.5 Å². The minimum Gasteiger partial charge on any atom is -0.481 e. The van der Waals surface area contributed by atoms with Gasteiger partial charge in [0.15, 0.2) is 0 Å². The third kappa shape index (κ3) is 5.33. The van der Waals surface area contributed by atoms with Gasteiger partial charge in [-0.05, 0) is 38.1 Å². The van der Waals surface area contributed by atoms with Crippen molar-refractivity contribution in [2.75, 3.05) is 7.05 Å². The molecule has 0 saturated carbocycles. The maximum absolute atomic E-state index is 10.5. The summed E-state index contributed by atoms with van der Waals surface area (Å²) in [5.74, 6) is -0.728. The molecule has 0 bridgehead atoms. The molecule has 1 unspecified atom stereocenters. The first kappa shape index (κ1) is 14.2. The zero-order valence-electron chi connectivity index (χ0n) is 10.2. The molecule has 0 amide bonds. The smallest absolute Gasteiger partial charge is 0.303 e. The van der Waals surface area contributed by atoms with Gasteiger partial charge in [0.05, 0.1) is 0 Å². The third-order valence-corrected chi connectivity index (χ3v) is 3.40. The Morgan fingerprint density at radius 2 is 2.00 bits per heavy atom. The van der Waals surface area contributed by atoms with Gasteiger partial charge < -0.3 is 5.11 Å². The number of carboxylic acid groups (broad SMARTS) is 1. The first-order chi connectivity index (χ1) is 7.99. The van der Waals surface area contributed by atoms with Gasteiger partial charge in [0.2, 0.25) is 0 Å². The summed E-state index contributed by atoms with van der Waals surface area (Å²) < 4.78 is 1.07. The zero-order chi connectivity index (χ0) is 12.8. The van der Waals surface area contributed by atoms with Crippen LogP contribution in [0.1, 0.15) is 25.3 Å². The van der Waals surface area contributed by atoms with Crippen molar-refractivity contribution in [2.45, 2.75) is 32.4 Å². The number of halogens is 1. The molecular weight excluding hydrogens is 282 g/mol. The fraction of sp³-hybridized carbons (Fsp3) is 0.462. The molecule has 0 spiro atoms. The van der Waals surface area contributed by atoms with Crippen molar-refractivity contribution in [3.05, 3.63) is 34.3 Å². The number of benzene rings is 1. The number of hydrogen-bond donors (Lipinski definition) is 1. The maximum atomic E-state index is 10.5. The van der Waals surface area contributed by atoms with Gasteiger partial charge in [0.25, 0.3) is 0 Å². The Balaban J connectivity index is 2.45. The molecule has 0 aliphatic rings. The molecule has 0 fully saturated rings. The van der Waals surface area contributed by atoms with E-state index in [-0.39, 0.29) is 12.5 Å². The molecule has 0 aliphatic carbocycles. The molecule has 0 aromatic heterocycles. The summed E-state index contributed by atoms with van der Waals surface area (Å²) in [5, 5.41) is 8.64. The van der Waals surface area contributed by atoms with Gasteiger partial charge in [-0.25, -0.2) is 0 Å². The fourth-order valence-corrected chi connectivity index (χ4v) is 1.85. The molecule has 1 atom stereocenters. The molecule has 0 radical (unpaired) electrons. The lowest BCUT2D eigenvalue weighted by Gasteiger charge is -2.24. The molecule has 0 saturated heterocycles. The molecule has 17 heavy (non-hydrogen) atoms. The minimum atomic E-state index is -0.728. The highest BCUT2D eigenvalue weighted by atomic mass is 79.9. The van der Waals surface area contributed by atoms with Gasteiger partial charge in [-0.1, -0.05) is 28.1 Å². The number of aliphatic carboxylic acids is 1. The second-order valence-electron chi connectivity index (χ2n) is 4.32. The Labute approximate surface area is 111 Å². The minimum absolute atomic E-state index is 0.228.